The lowest BCUT2D eigenvalue weighted by Gasteiger charge is -2.45. The first-order chi connectivity index (χ1) is 13.3. The van der Waals surface area contributed by atoms with E-state index in [4.69, 9.17) is 24.5 Å². The van der Waals surface area contributed by atoms with Crippen LogP contribution in [-0.4, -0.2) is 124 Å². The first-order valence-corrected chi connectivity index (χ1v) is 8.56. The number of aliphatic hydroxyl groups is 7. The zero-order valence-electron chi connectivity index (χ0n) is 14.7. The summed E-state index contributed by atoms with van der Waals surface area (Å²) in [5.41, 5.74) is 8.21. The van der Waals surface area contributed by atoms with E-state index in [1.807, 2.05) is 0 Å². The lowest BCUT2D eigenvalue weighted by atomic mass is 9.97. The van der Waals surface area contributed by atoms with Crippen LogP contribution in [0, 0.1) is 0 Å². The Labute approximate surface area is 159 Å². The molecule has 162 valence electrons. The molecule has 28 heavy (non-hydrogen) atoms. The molecule has 2 aliphatic rings. The quantitative estimate of drug-likeness (QED) is 0.0879. The van der Waals surface area contributed by atoms with Crippen LogP contribution < -0.4 is 0 Å². The minimum Gasteiger partial charge on any atom is -0.394 e. The average Bonchev–Trinajstić information content (AvgIpc) is 2.70. The maximum Gasteiger partial charge on any atom is 0.187 e. The van der Waals surface area contributed by atoms with Crippen LogP contribution in [0.15, 0.2) is 5.11 Å². The van der Waals surface area contributed by atoms with E-state index in [-0.39, 0.29) is 13.2 Å². The van der Waals surface area contributed by atoms with E-state index in [0.29, 0.717) is 0 Å². The van der Waals surface area contributed by atoms with E-state index in [2.05, 4.69) is 10.0 Å². The third kappa shape index (κ3) is 5.07. The van der Waals surface area contributed by atoms with Gasteiger partial charge in [0.2, 0.25) is 0 Å². The molecule has 0 aliphatic carbocycles. The smallest absolute Gasteiger partial charge is 0.187 e. The molecule has 0 spiro atoms. The highest BCUT2D eigenvalue weighted by molar-refractivity contribution is 4.94. The first kappa shape index (κ1) is 23.2. The van der Waals surface area contributed by atoms with Crippen molar-refractivity contribution in [1.29, 1.82) is 0 Å². The maximum atomic E-state index is 10.3. The first-order valence-electron chi connectivity index (χ1n) is 8.56. The standard InChI is InChI=1S/C14H25N3O11/c15-17-16-1-2-25-13-11(24)9(22)12(6(4-19)27-13)28-14-10(23)8(21)7(20)5(3-18)26-14/h5-14,18-24H,1-4H2/t5?,6?,7-,8-,9+,10?,11?,12+,13+,14-/m0/s1. The monoisotopic (exact) mass is 411 g/mol. The molecule has 10 atom stereocenters. The van der Waals surface area contributed by atoms with Crippen molar-refractivity contribution in [2.45, 2.75) is 61.4 Å². The maximum absolute atomic E-state index is 10.3. The minimum atomic E-state index is -1.74. The lowest BCUT2D eigenvalue weighted by molar-refractivity contribution is -0.359. The topological polar surface area (TPSA) is 227 Å². The van der Waals surface area contributed by atoms with Gasteiger partial charge in [-0.2, -0.15) is 0 Å². The summed E-state index contributed by atoms with van der Waals surface area (Å²) in [6.45, 7) is -1.51. The van der Waals surface area contributed by atoms with Gasteiger partial charge in [-0.1, -0.05) is 5.11 Å². The highest BCUT2D eigenvalue weighted by atomic mass is 16.7. The van der Waals surface area contributed by atoms with Crippen molar-refractivity contribution in [2.75, 3.05) is 26.4 Å². The SMILES string of the molecule is [N-]=[N+]=NCCO[C@@H]1OC(CO)[C@@H](O[C@@H]2OC(CO)[C@H](O)[C@H](O)C2O)[C@H](O)C1O. The van der Waals surface area contributed by atoms with Gasteiger partial charge in [0.15, 0.2) is 12.6 Å². The van der Waals surface area contributed by atoms with E-state index < -0.39 is 74.6 Å². The molecule has 2 fully saturated rings. The Hall–Kier alpha value is -1.13. The minimum absolute atomic E-state index is 0.0479. The van der Waals surface area contributed by atoms with Gasteiger partial charge in [0.25, 0.3) is 0 Å². The molecular formula is C14H25N3O11. The zero-order chi connectivity index (χ0) is 20.8. The molecule has 0 aromatic heterocycles. The molecule has 2 rings (SSSR count). The van der Waals surface area contributed by atoms with Crippen LogP contribution in [0.1, 0.15) is 0 Å². The summed E-state index contributed by atoms with van der Waals surface area (Å²) >= 11 is 0. The number of nitrogens with zero attached hydrogens (tertiary/aromatic N) is 3. The predicted molar refractivity (Wildman–Crippen MR) is 86.4 cm³/mol. The van der Waals surface area contributed by atoms with E-state index in [1.165, 1.54) is 0 Å². The number of aliphatic hydroxyl groups excluding tert-OH is 7. The lowest BCUT2D eigenvalue weighted by Crippen LogP contribution is -2.64. The van der Waals surface area contributed by atoms with Crippen molar-refractivity contribution in [3.63, 3.8) is 0 Å². The number of rotatable bonds is 8. The van der Waals surface area contributed by atoms with Crippen molar-refractivity contribution in [3.05, 3.63) is 10.4 Å². The van der Waals surface area contributed by atoms with Gasteiger partial charge in [0, 0.05) is 11.5 Å². The van der Waals surface area contributed by atoms with E-state index in [0.717, 1.165) is 0 Å². The third-order valence-electron chi connectivity index (χ3n) is 4.50. The van der Waals surface area contributed by atoms with Crippen molar-refractivity contribution < 1.29 is 54.7 Å². The van der Waals surface area contributed by atoms with Gasteiger partial charge in [-0.25, -0.2) is 0 Å². The summed E-state index contributed by atoms with van der Waals surface area (Å²) in [5, 5.41) is 72.1. The number of hydrogen-bond acceptors (Lipinski definition) is 12. The summed E-state index contributed by atoms with van der Waals surface area (Å²) in [6.07, 6.45) is -15.1. The molecule has 2 aliphatic heterocycles. The molecule has 0 aromatic carbocycles. The van der Waals surface area contributed by atoms with Crippen LogP contribution in [-0.2, 0) is 18.9 Å². The van der Waals surface area contributed by atoms with Gasteiger partial charge in [-0.15, -0.1) is 0 Å². The van der Waals surface area contributed by atoms with Crippen LogP contribution in [0.3, 0.4) is 0 Å². The Morgan fingerprint density at radius 2 is 1.43 bits per heavy atom. The summed E-state index contributed by atoms with van der Waals surface area (Å²) in [6, 6.07) is 0. The van der Waals surface area contributed by atoms with Crippen molar-refractivity contribution in [1.82, 2.24) is 0 Å². The molecule has 7 N–H and O–H groups in total. The molecule has 14 heteroatoms. The molecule has 0 bridgehead atoms. The average molecular weight is 411 g/mol. The third-order valence-corrected chi connectivity index (χ3v) is 4.50. The van der Waals surface area contributed by atoms with Gasteiger partial charge in [-0.05, 0) is 5.53 Å². The Balaban J connectivity index is 2.05. The van der Waals surface area contributed by atoms with Crippen LogP contribution in [0.5, 0.6) is 0 Å². The van der Waals surface area contributed by atoms with Gasteiger partial charge < -0.3 is 54.7 Å². The van der Waals surface area contributed by atoms with Crippen molar-refractivity contribution in [2.24, 2.45) is 5.11 Å². The van der Waals surface area contributed by atoms with Crippen LogP contribution in [0.4, 0.5) is 0 Å². The highest BCUT2D eigenvalue weighted by Gasteiger charge is 2.50. The predicted octanol–water partition coefficient (Wildman–Crippen LogP) is -4.06. The Bertz CT molecular complexity index is 533. The second-order valence-corrected chi connectivity index (χ2v) is 6.33. The molecular weight excluding hydrogens is 386 g/mol. The van der Waals surface area contributed by atoms with Crippen LogP contribution >= 0.6 is 0 Å². The molecule has 4 unspecified atom stereocenters. The van der Waals surface area contributed by atoms with Gasteiger partial charge in [0.05, 0.1) is 19.8 Å². The Kier molecular flexibility index (Phi) is 8.76. The molecule has 14 nitrogen and oxygen atoms in total. The summed E-state index contributed by atoms with van der Waals surface area (Å²) in [4.78, 5) is 2.53. The second-order valence-electron chi connectivity index (χ2n) is 6.33. The number of azide groups is 1. The van der Waals surface area contributed by atoms with E-state index in [1.54, 1.807) is 0 Å². The van der Waals surface area contributed by atoms with Gasteiger partial charge in [-0.3, -0.25) is 0 Å². The number of ether oxygens (including phenoxy) is 4. The molecule has 0 radical (unpaired) electrons. The Morgan fingerprint density at radius 1 is 0.821 bits per heavy atom. The molecule has 2 saturated heterocycles. The molecule has 2 heterocycles. The van der Waals surface area contributed by atoms with Crippen molar-refractivity contribution >= 4 is 0 Å². The molecule has 0 amide bonds. The zero-order valence-corrected chi connectivity index (χ0v) is 14.7. The summed E-state index contributed by atoms with van der Waals surface area (Å²) < 4.78 is 21.1. The van der Waals surface area contributed by atoms with E-state index in [9.17, 15) is 35.7 Å². The van der Waals surface area contributed by atoms with Gasteiger partial charge >= 0.3 is 0 Å². The summed E-state index contributed by atoms with van der Waals surface area (Å²) in [7, 11) is 0. The van der Waals surface area contributed by atoms with Crippen LogP contribution in [0.2, 0.25) is 0 Å². The fraction of sp³-hybridized carbons (Fsp3) is 1.00. The number of hydrogen-bond donors (Lipinski definition) is 7. The fourth-order valence-electron chi connectivity index (χ4n) is 2.95. The fourth-order valence-corrected chi connectivity index (χ4v) is 2.95. The normalized spacial score (nSPS) is 44.1. The van der Waals surface area contributed by atoms with Gasteiger partial charge in [0.1, 0.15) is 48.8 Å². The van der Waals surface area contributed by atoms with E-state index >= 15 is 0 Å². The molecule has 0 saturated carbocycles. The molecule has 0 aromatic rings. The summed E-state index contributed by atoms with van der Waals surface area (Å²) in [5.74, 6) is 0. The highest BCUT2D eigenvalue weighted by Crippen LogP contribution is 2.29. The largest absolute Gasteiger partial charge is 0.394 e. The Morgan fingerprint density at radius 3 is 2.04 bits per heavy atom. The van der Waals surface area contributed by atoms with Crippen molar-refractivity contribution in [3.8, 4) is 0 Å². The second kappa shape index (κ2) is 10.6. The van der Waals surface area contributed by atoms with Crippen LogP contribution in [0.25, 0.3) is 10.4 Å².